The van der Waals surface area contributed by atoms with Gasteiger partial charge in [-0.1, -0.05) is 30.3 Å². The van der Waals surface area contributed by atoms with Crippen LogP contribution in [0, 0.1) is 0 Å². The molecule has 4 nitrogen and oxygen atoms in total. The standard InChI is InChI=1S/C14H11NO3/c1-8(16)15-14-13(17)12-10-5-3-2-4-9(10)6-7-11(12)18-14/h2-7,14H,1H3,(H,15,16). The molecule has 0 saturated heterocycles. The quantitative estimate of drug-likeness (QED) is 0.829. The van der Waals surface area contributed by atoms with Crippen LogP contribution in [-0.4, -0.2) is 17.9 Å². The summed E-state index contributed by atoms with van der Waals surface area (Å²) in [5.74, 6) is 0.0416. The number of Topliss-reactive ketones (excluding diaryl/α,β-unsaturated/α-hetero) is 1. The monoisotopic (exact) mass is 241 g/mol. The highest BCUT2D eigenvalue weighted by Gasteiger charge is 2.34. The SMILES string of the molecule is CC(=O)NC1Oc2ccc3ccccc3c2C1=O. The molecule has 4 heteroatoms. The molecule has 2 aromatic carbocycles. The number of nitrogens with one attached hydrogen (secondary N) is 1. The van der Waals surface area contributed by atoms with Crippen LogP contribution >= 0.6 is 0 Å². The van der Waals surface area contributed by atoms with Gasteiger partial charge in [0.1, 0.15) is 5.75 Å². The molecule has 0 aromatic heterocycles. The van der Waals surface area contributed by atoms with Crippen molar-refractivity contribution in [1.82, 2.24) is 5.32 Å². The summed E-state index contributed by atoms with van der Waals surface area (Å²) in [6.45, 7) is 1.36. The van der Waals surface area contributed by atoms with E-state index in [4.69, 9.17) is 4.74 Å². The molecular formula is C14H11NO3. The highest BCUT2D eigenvalue weighted by molar-refractivity contribution is 6.14. The lowest BCUT2D eigenvalue weighted by atomic mass is 10.0. The van der Waals surface area contributed by atoms with Crippen LogP contribution in [0.15, 0.2) is 36.4 Å². The van der Waals surface area contributed by atoms with E-state index in [1.54, 1.807) is 6.07 Å². The van der Waals surface area contributed by atoms with Gasteiger partial charge in [-0.2, -0.15) is 0 Å². The Morgan fingerprint density at radius 1 is 1.22 bits per heavy atom. The zero-order valence-electron chi connectivity index (χ0n) is 9.77. The van der Waals surface area contributed by atoms with Gasteiger partial charge in [0.05, 0.1) is 5.56 Å². The predicted molar refractivity (Wildman–Crippen MR) is 66.5 cm³/mol. The first-order valence-corrected chi connectivity index (χ1v) is 5.66. The van der Waals surface area contributed by atoms with Crippen LogP contribution in [0.2, 0.25) is 0 Å². The van der Waals surface area contributed by atoms with Gasteiger partial charge in [-0.05, 0) is 16.8 Å². The number of rotatable bonds is 1. The number of amides is 1. The molecule has 2 aromatic rings. The first-order chi connectivity index (χ1) is 8.66. The molecule has 0 aliphatic carbocycles. The van der Waals surface area contributed by atoms with Crippen LogP contribution in [0.5, 0.6) is 5.75 Å². The van der Waals surface area contributed by atoms with Crippen molar-refractivity contribution in [2.45, 2.75) is 13.2 Å². The van der Waals surface area contributed by atoms with Gasteiger partial charge in [0, 0.05) is 6.92 Å². The van der Waals surface area contributed by atoms with Gasteiger partial charge >= 0.3 is 0 Å². The summed E-state index contributed by atoms with van der Waals surface area (Å²) < 4.78 is 5.46. The lowest BCUT2D eigenvalue weighted by molar-refractivity contribution is -0.120. The van der Waals surface area contributed by atoms with Crippen molar-refractivity contribution in [3.8, 4) is 5.75 Å². The molecule has 3 rings (SSSR count). The highest BCUT2D eigenvalue weighted by atomic mass is 16.5. The van der Waals surface area contributed by atoms with Crippen molar-refractivity contribution in [2.75, 3.05) is 0 Å². The molecule has 1 atom stereocenters. The number of carbonyl (C=O) groups excluding carboxylic acids is 2. The minimum atomic E-state index is -0.900. The van der Waals surface area contributed by atoms with Crippen molar-refractivity contribution < 1.29 is 14.3 Å². The van der Waals surface area contributed by atoms with Crippen LogP contribution in [0.25, 0.3) is 10.8 Å². The molecule has 1 unspecified atom stereocenters. The third-order valence-corrected chi connectivity index (χ3v) is 2.95. The average Bonchev–Trinajstić information content (AvgIpc) is 2.66. The second-order valence-corrected chi connectivity index (χ2v) is 4.22. The van der Waals surface area contributed by atoms with Crippen molar-refractivity contribution >= 4 is 22.5 Å². The normalized spacial score (nSPS) is 17.4. The van der Waals surface area contributed by atoms with E-state index < -0.39 is 6.23 Å². The molecule has 0 bridgehead atoms. The molecule has 1 amide bonds. The number of benzene rings is 2. The van der Waals surface area contributed by atoms with E-state index in [0.717, 1.165) is 10.8 Å². The van der Waals surface area contributed by atoms with Crippen LogP contribution in [-0.2, 0) is 4.79 Å². The molecular weight excluding hydrogens is 230 g/mol. The van der Waals surface area contributed by atoms with Gasteiger partial charge in [0.2, 0.25) is 17.9 Å². The molecule has 0 saturated carbocycles. The number of fused-ring (bicyclic) bond motifs is 3. The number of hydrogen-bond acceptors (Lipinski definition) is 3. The summed E-state index contributed by atoms with van der Waals surface area (Å²) in [6, 6.07) is 11.3. The highest BCUT2D eigenvalue weighted by Crippen LogP contribution is 2.34. The van der Waals surface area contributed by atoms with Gasteiger partial charge in [0.15, 0.2) is 0 Å². The van der Waals surface area contributed by atoms with Gasteiger partial charge < -0.3 is 10.1 Å². The fourth-order valence-corrected chi connectivity index (χ4v) is 2.20. The smallest absolute Gasteiger partial charge is 0.236 e. The van der Waals surface area contributed by atoms with E-state index in [-0.39, 0.29) is 11.7 Å². The zero-order valence-corrected chi connectivity index (χ0v) is 9.77. The summed E-state index contributed by atoms with van der Waals surface area (Å²) in [6.07, 6.45) is -0.900. The van der Waals surface area contributed by atoms with E-state index in [1.165, 1.54) is 6.92 Å². The predicted octanol–water partition coefficient (Wildman–Crippen LogP) is 1.88. The first kappa shape index (κ1) is 10.8. The van der Waals surface area contributed by atoms with E-state index in [1.807, 2.05) is 30.3 Å². The Morgan fingerprint density at radius 3 is 2.78 bits per heavy atom. The Bertz CT molecular complexity index is 663. The van der Waals surface area contributed by atoms with E-state index in [0.29, 0.717) is 11.3 Å². The van der Waals surface area contributed by atoms with E-state index >= 15 is 0 Å². The van der Waals surface area contributed by atoms with E-state index in [2.05, 4.69) is 5.32 Å². The average molecular weight is 241 g/mol. The Balaban J connectivity index is 2.13. The largest absolute Gasteiger partial charge is 0.462 e. The molecule has 1 heterocycles. The second-order valence-electron chi connectivity index (χ2n) is 4.22. The maximum Gasteiger partial charge on any atom is 0.236 e. The number of hydrogen-bond donors (Lipinski definition) is 1. The number of ether oxygens (including phenoxy) is 1. The van der Waals surface area contributed by atoms with Crippen molar-refractivity contribution in [3.63, 3.8) is 0 Å². The molecule has 1 aliphatic heterocycles. The fourth-order valence-electron chi connectivity index (χ4n) is 2.20. The van der Waals surface area contributed by atoms with Crippen molar-refractivity contribution in [3.05, 3.63) is 42.0 Å². The first-order valence-electron chi connectivity index (χ1n) is 5.66. The van der Waals surface area contributed by atoms with Crippen LogP contribution < -0.4 is 10.1 Å². The van der Waals surface area contributed by atoms with Crippen LogP contribution in [0.3, 0.4) is 0 Å². The van der Waals surface area contributed by atoms with E-state index in [9.17, 15) is 9.59 Å². The minimum Gasteiger partial charge on any atom is -0.462 e. The van der Waals surface area contributed by atoms with Crippen molar-refractivity contribution in [1.29, 1.82) is 0 Å². The van der Waals surface area contributed by atoms with Gasteiger partial charge in [-0.25, -0.2) is 0 Å². The molecule has 0 radical (unpaired) electrons. The molecule has 0 spiro atoms. The fraction of sp³-hybridized carbons (Fsp3) is 0.143. The molecule has 18 heavy (non-hydrogen) atoms. The lowest BCUT2D eigenvalue weighted by Crippen LogP contribution is -2.40. The van der Waals surface area contributed by atoms with Crippen LogP contribution in [0.1, 0.15) is 17.3 Å². The van der Waals surface area contributed by atoms with Crippen LogP contribution in [0.4, 0.5) is 0 Å². The lowest BCUT2D eigenvalue weighted by Gasteiger charge is -2.08. The summed E-state index contributed by atoms with van der Waals surface area (Å²) in [5.41, 5.74) is 0.548. The summed E-state index contributed by atoms with van der Waals surface area (Å²) in [5, 5.41) is 4.33. The third-order valence-electron chi connectivity index (χ3n) is 2.95. The molecule has 0 fully saturated rings. The Hall–Kier alpha value is -2.36. The third kappa shape index (κ3) is 1.54. The number of ketones is 1. The Morgan fingerprint density at radius 2 is 2.00 bits per heavy atom. The van der Waals surface area contributed by atoms with Gasteiger partial charge in [-0.3, -0.25) is 9.59 Å². The van der Waals surface area contributed by atoms with Gasteiger partial charge in [-0.15, -0.1) is 0 Å². The Labute approximate surface area is 104 Å². The number of carbonyl (C=O) groups is 2. The zero-order chi connectivity index (χ0) is 12.7. The Kier molecular flexibility index (Phi) is 2.30. The summed E-state index contributed by atoms with van der Waals surface area (Å²) in [7, 11) is 0. The maximum atomic E-state index is 12.2. The van der Waals surface area contributed by atoms with Crippen molar-refractivity contribution in [2.24, 2.45) is 0 Å². The topological polar surface area (TPSA) is 55.4 Å². The molecule has 90 valence electrons. The maximum absolute atomic E-state index is 12.2. The minimum absolute atomic E-state index is 0.197. The summed E-state index contributed by atoms with van der Waals surface area (Å²) >= 11 is 0. The molecule has 1 N–H and O–H groups in total. The van der Waals surface area contributed by atoms with Gasteiger partial charge in [0.25, 0.3) is 0 Å². The summed E-state index contributed by atoms with van der Waals surface area (Å²) in [4.78, 5) is 23.2. The second kappa shape index (κ2) is 3.84. The molecule has 1 aliphatic rings.